The third kappa shape index (κ3) is 3.06. The van der Waals surface area contributed by atoms with E-state index in [1.165, 1.54) is 12.4 Å². The van der Waals surface area contributed by atoms with Crippen molar-refractivity contribution in [1.29, 1.82) is 0 Å². The van der Waals surface area contributed by atoms with Crippen molar-refractivity contribution < 1.29 is 9.13 Å². The highest BCUT2D eigenvalue weighted by molar-refractivity contribution is 5.23. The minimum absolute atomic E-state index is 0.216. The van der Waals surface area contributed by atoms with Crippen LogP contribution in [0.25, 0.3) is 0 Å². The molecule has 0 unspecified atom stereocenters. The van der Waals surface area contributed by atoms with Gasteiger partial charge in [-0.2, -0.15) is 5.10 Å². The van der Waals surface area contributed by atoms with Gasteiger partial charge in [-0.05, 0) is 18.1 Å². The third-order valence-corrected chi connectivity index (χ3v) is 2.43. The van der Waals surface area contributed by atoms with Gasteiger partial charge in [-0.25, -0.2) is 14.1 Å². The van der Waals surface area contributed by atoms with Crippen molar-refractivity contribution in [3.8, 4) is 5.75 Å². The Kier molecular flexibility index (Phi) is 3.92. The molecule has 0 saturated heterocycles. The number of benzene rings is 1. The maximum atomic E-state index is 13.4. The first kappa shape index (κ1) is 12.5. The maximum Gasteiger partial charge on any atom is 0.165 e. The van der Waals surface area contributed by atoms with Crippen LogP contribution >= 0.6 is 0 Å². The normalized spacial score (nSPS) is 10.9. The number of rotatable bonds is 5. The van der Waals surface area contributed by atoms with E-state index in [1.807, 2.05) is 0 Å². The maximum absolute atomic E-state index is 13.4. The van der Waals surface area contributed by atoms with Gasteiger partial charge in [0.05, 0.1) is 0 Å². The monoisotopic (exact) mass is 249 g/mol. The summed E-state index contributed by atoms with van der Waals surface area (Å²) in [6.07, 6.45) is 1.49. The van der Waals surface area contributed by atoms with Crippen molar-refractivity contribution in [3.63, 3.8) is 0 Å². The molecule has 0 N–H and O–H groups in total. The lowest BCUT2D eigenvalue weighted by molar-refractivity contribution is 0.270. The van der Waals surface area contributed by atoms with Crippen LogP contribution < -0.4 is 4.74 Å². The number of aromatic nitrogens is 3. The predicted octanol–water partition coefficient (Wildman–Crippen LogP) is 2.65. The minimum atomic E-state index is -0.368. The van der Waals surface area contributed by atoms with E-state index in [0.717, 1.165) is 6.54 Å². The van der Waals surface area contributed by atoms with Crippen LogP contribution in [0.1, 0.15) is 19.7 Å². The Morgan fingerprint density at radius 1 is 1.33 bits per heavy atom. The molecule has 1 aromatic heterocycles. The molecule has 0 amide bonds. The SMILES string of the molecule is CC(C)Cn1ncnc1COc1ccccc1F. The molecule has 2 aromatic rings. The van der Waals surface area contributed by atoms with E-state index in [-0.39, 0.29) is 18.2 Å². The summed E-state index contributed by atoms with van der Waals surface area (Å²) in [5.74, 6) is 1.04. The molecule has 0 fully saturated rings. The Morgan fingerprint density at radius 2 is 2.11 bits per heavy atom. The van der Waals surface area contributed by atoms with Crippen molar-refractivity contribution >= 4 is 0 Å². The summed E-state index contributed by atoms with van der Waals surface area (Å²) < 4.78 is 20.5. The van der Waals surface area contributed by atoms with Crippen molar-refractivity contribution in [1.82, 2.24) is 14.8 Å². The first-order valence-corrected chi connectivity index (χ1v) is 5.91. The molecule has 18 heavy (non-hydrogen) atoms. The van der Waals surface area contributed by atoms with Crippen LogP contribution in [0.2, 0.25) is 0 Å². The second kappa shape index (κ2) is 5.62. The van der Waals surface area contributed by atoms with Crippen LogP contribution in [-0.4, -0.2) is 14.8 Å². The summed E-state index contributed by atoms with van der Waals surface area (Å²) in [5.41, 5.74) is 0. The van der Waals surface area contributed by atoms with Crippen molar-refractivity contribution in [2.45, 2.75) is 27.0 Å². The summed E-state index contributed by atoms with van der Waals surface area (Å²) in [6, 6.07) is 6.33. The second-order valence-corrected chi connectivity index (χ2v) is 4.47. The third-order valence-electron chi connectivity index (χ3n) is 2.43. The molecule has 4 nitrogen and oxygen atoms in total. The predicted molar refractivity (Wildman–Crippen MR) is 65.6 cm³/mol. The molecule has 0 aliphatic carbocycles. The fourth-order valence-electron chi connectivity index (χ4n) is 1.60. The van der Waals surface area contributed by atoms with Crippen LogP contribution in [-0.2, 0) is 13.2 Å². The van der Waals surface area contributed by atoms with Gasteiger partial charge in [-0.1, -0.05) is 26.0 Å². The average molecular weight is 249 g/mol. The Labute approximate surface area is 105 Å². The van der Waals surface area contributed by atoms with Gasteiger partial charge in [0.15, 0.2) is 17.4 Å². The fourth-order valence-corrected chi connectivity index (χ4v) is 1.60. The molecular weight excluding hydrogens is 233 g/mol. The summed E-state index contributed by atoms with van der Waals surface area (Å²) in [4.78, 5) is 4.12. The van der Waals surface area contributed by atoms with E-state index in [4.69, 9.17) is 4.74 Å². The summed E-state index contributed by atoms with van der Waals surface area (Å²) >= 11 is 0. The van der Waals surface area contributed by atoms with Crippen LogP contribution in [0.15, 0.2) is 30.6 Å². The van der Waals surface area contributed by atoms with E-state index in [0.29, 0.717) is 11.7 Å². The zero-order chi connectivity index (χ0) is 13.0. The Bertz CT molecular complexity index is 510. The van der Waals surface area contributed by atoms with Crippen LogP contribution in [0.5, 0.6) is 5.75 Å². The molecule has 1 aromatic carbocycles. The quantitative estimate of drug-likeness (QED) is 0.817. The Hall–Kier alpha value is -1.91. The standard InChI is InChI=1S/C13H16FN3O/c1-10(2)7-17-13(15-9-16-17)8-18-12-6-4-3-5-11(12)14/h3-6,9-10H,7-8H2,1-2H3. The molecule has 0 aliphatic rings. The lowest BCUT2D eigenvalue weighted by atomic mass is 10.2. The Morgan fingerprint density at radius 3 is 2.83 bits per heavy atom. The number of hydrogen-bond acceptors (Lipinski definition) is 3. The van der Waals surface area contributed by atoms with Crippen molar-refractivity contribution in [3.05, 3.63) is 42.2 Å². The molecule has 0 spiro atoms. The summed E-state index contributed by atoms with van der Waals surface area (Å²) in [6.45, 7) is 5.19. The number of nitrogens with zero attached hydrogens (tertiary/aromatic N) is 3. The van der Waals surface area contributed by atoms with Gasteiger partial charge >= 0.3 is 0 Å². The van der Waals surface area contributed by atoms with Gasteiger partial charge < -0.3 is 4.74 Å². The van der Waals surface area contributed by atoms with Gasteiger partial charge in [-0.15, -0.1) is 0 Å². The molecule has 0 atom stereocenters. The molecule has 1 heterocycles. The number of para-hydroxylation sites is 1. The van der Waals surface area contributed by atoms with Crippen molar-refractivity contribution in [2.24, 2.45) is 5.92 Å². The van der Waals surface area contributed by atoms with Gasteiger partial charge in [0, 0.05) is 6.54 Å². The number of hydrogen-bond donors (Lipinski definition) is 0. The highest BCUT2D eigenvalue weighted by Crippen LogP contribution is 2.16. The lowest BCUT2D eigenvalue weighted by Crippen LogP contribution is -2.12. The highest BCUT2D eigenvalue weighted by Gasteiger charge is 2.08. The molecule has 0 bridgehead atoms. The molecular formula is C13H16FN3O. The van der Waals surface area contributed by atoms with E-state index in [9.17, 15) is 4.39 Å². The molecule has 0 saturated carbocycles. The van der Waals surface area contributed by atoms with Gasteiger partial charge in [0.25, 0.3) is 0 Å². The van der Waals surface area contributed by atoms with Crippen LogP contribution in [0.4, 0.5) is 4.39 Å². The largest absolute Gasteiger partial charge is 0.483 e. The average Bonchev–Trinajstić information content (AvgIpc) is 2.75. The Balaban J connectivity index is 2.02. The van der Waals surface area contributed by atoms with E-state index in [1.54, 1.807) is 22.9 Å². The first-order valence-electron chi connectivity index (χ1n) is 5.91. The first-order chi connectivity index (χ1) is 8.66. The van der Waals surface area contributed by atoms with Crippen molar-refractivity contribution in [2.75, 3.05) is 0 Å². The van der Waals surface area contributed by atoms with E-state index < -0.39 is 0 Å². The summed E-state index contributed by atoms with van der Waals surface area (Å²) in [5, 5.41) is 4.12. The fraction of sp³-hybridized carbons (Fsp3) is 0.385. The van der Waals surface area contributed by atoms with E-state index >= 15 is 0 Å². The smallest absolute Gasteiger partial charge is 0.165 e. The number of ether oxygens (including phenoxy) is 1. The zero-order valence-corrected chi connectivity index (χ0v) is 10.5. The van der Waals surface area contributed by atoms with Gasteiger partial charge in [0.2, 0.25) is 0 Å². The van der Waals surface area contributed by atoms with Crippen LogP contribution in [0.3, 0.4) is 0 Å². The summed E-state index contributed by atoms with van der Waals surface area (Å²) in [7, 11) is 0. The molecule has 0 aliphatic heterocycles. The lowest BCUT2D eigenvalue weighted by Gasteiger charge is -2.10. The van der Waals surface area contributed by atoms with E-state index in [2.05, 4.69) is 23.9 Å². The van der Waals surface area contributed by atoms with Crippen LogP contribution in [0, 0.1) is 11.7 Å². The zero-order valence-electron chi connectivity index (χ0n) is 10.5. The molecule has 5 heteroatoms. The second-order valence-electron chi connectivity index (χ2n) is 4.47. The highest BCUT2D eigenvalue weighted by atomic mass is 19.1. The number of halogens is 1. The minimum Gasteiger partial charge on any atom is -0.483 e. The topological polar surface area (TPSA) is 39.9 Å². The molecule has 2 rings (SSSR count). The molecule has 0 radical (unpaired) electrons. The van der Waals surface area contributed by atoms with Gasteiger partial charge in [-0.3, -0.25) is 0 Å². The molecule has 96 valence electrons. The van der Waals surface area contributed by atoms with Gasteiger partial charge in [0.1, 0.15) is 12.9 Å².